The number of benzene rings is 1. The molecule has 2 aromatic rings. The van der Waals surface area contributed by atoms with E-state index in [-0.39, 0.29) is 5.91 Å². The highest BCUT2D eigenvalue weighted by Crippen LogP contribution is 2.16. The molecular weight excluding hydrogens is 264 g/mol. The number of anilines is 1. The van der Waals surface area contributed by atoms with Gasteiger partial charge in [0.2, 0.25) is 0 Å². The molecule has 21 heavy (non-hydrogen) atoms. The van der Waals surface area contributed by atoms with Crippen molar-refractivity contribution < 1.29 is 4.79 Å². The van der Waals surface area contributed by atoms with Crippen LogP contribution in [0.15, 0.2) is 24.4 Å². The molecule has 5 heteroatoms. The van der Waals surface area contributed by atoms with E-state index in [2.05, 4.69) is 22.3 Å². The Morgan fingerprint density at radius 2 is 2.19 bits per heavy atom. The van der Waals surface area contributed by atoms with Gasteiger partial charge in [0.05, 0.1) is 17.8 Å². The van der Waals surface area contributed by atoms with Crippen molar-refractivity contribution in [2.24, 2.45) is 12.8 Å². The second kappa shape index (κ2) is 6.25. The minimum atomic E-state index is -0.166. The van der Waals surface area contributed by atoms with Gasteiger partial charge >= 0.3 is 0 Å². The topological polar surface area (TPSA) is 72.9 Å². The molecule has 108 valence electrons. The van der Waals surface area contributed by atoms with E-state index in [1.807, 2.05) is 32.0 Å². The number of nitrogens with one attached hydrogen (secondary N) is 1. The molecule has 0 radical (unpaired) electrons. The van der Waals surface area contributed by atoms with E-state index < -0.39 is 0 Å². The molecule has 2 rings (SSSR count). The van der Waals surface area contributed by atoms with Crippen LogP contribution in [-0.2, 0) is 7.05 Å². The van der Waals surface area contributed by atoms with Gasteiger partial charge < -0.3 is 11.1 Å². The van der Waals surface area contributed by atoms with Gasteiger partial charge in [0.1, 0.15) is 0 Å². The summed E-state index contributed by atoms with van der Waals surface area (Å²) in [6.07, 6.45) is 1.71. The Kier molecular flexibility index (Phi) is 4.41. The SMILES string of the molecule is Cc1cc(NC(=O)c2cn(C)nc2C)ccc1C#CCN. The highest BCUT2D eigenvalue weighted by molar-refractivity contribution is 6.04. The zero-order valence-corrected chi connectivity index (χ0v) is 12.4. The molecule has 0 spiro atoms. The van der Waals surface area contributed by atoms with Crippen molar-refractivity contribution >= 4 is 11.6 Å². The Labute approximate surface area is 124 Å². The van der Waals surface area contributed by atoms with Crippen molar-refractivity contribution in [3.63, 3.8) is 0 Å². The minimum Gasteiger partial charge on any atom is -0.322 e. The fourth-order valence-electron chi connectivity index (χ4n) is 2.05. The predicted molar refractivity (Wildman–Crippen MR) is 83.0 cm³/mol. The highest BCUT2D eigenvalue weighted by atomic mass is 16.1. The van der Waals surface area contributed by atoms with Crippen LogP contribution in [0.1, 0.15) is 27.2 Å². The normalized spacial score (nSPS) is 9.90. The van der Waals surface area contributed by atoms with Crippen molar-refractivity contribution in [1.82, 2.24) is 9.78 Å². The molecule has 1 aromatic carbocycles. The first kappa shape index (κ1) is 14.8. The lowest BCUT2D eigenvalue weighted by atomic mass is 10.1. The van der Waals surface area contributed by atoms with Crippen LogP contribution in [-0.4, -0.2) is 22.2 Å². The molecule has 0 saturated heterocycles. The molecule has 0 unspecified atom stereocenters. The Bertz CT molecular complexity index is 734. The lowest BCUT2D eigenvalue weighted by Gasteiger charge is -2.06. The van der Waals surface area contributed by atoms with Gasteiger partial charge in [-0.05, 0) is 37.6 Å². The number of hydrogen-bond acceptors (Lipinski definition) is 3. The molecule has 0 bridgehead atoms. The van der Waals surface area contributed by atoms with E-state index in [9.17, 15) is 4.79 Å². The Morgan fingerprint density at radius 3 is 2.76 bits per heavy atom. The summed E-state index contributed by atoms with van der Waals surface area (Å²) in [5.74, 6) is 5.65. The van der Waals surface area contributed by atoms with Gasteiger partial charge in [-0.15, -0.1) is 0 Å². The van der Waals surface area contributed by atoms with Gasteiger partial charge in [-0.1, -0.05) is 11.8 Å². The number of rotatable bonds is 2. The third kappa shape index (κ3) is 3.50. The van der Waals surface area contributed by atoms with E-state index in [4.69, 9.17) is 5.73 Å². The maximum atomic E-state index is 12.2. The number of nitrogens with two attached hydrogens (primary N) is 1. The van der Waals surface area contributed by atoms with Gasteiger partial charge in [-0.3, -0.25) is 9.48 Å². The molecule has 0 fully saturated rings. The summed E-state index contributed by atoms with van der Waals surface area (Å²) in [6.45, 7) is 4.09. The smallest absolute Gasteiger partial charge is 0.259 e. The average Bonchev–Trinajstić information content (AvgIpc) is 2.77. The maximum absolute atomic E-state index is 12.2. The van der Waals surface area contributed by atoms with E-state index in [0.717, 1.165) is 16.8 Å². The van der Waals surface area contributed by atoms with Crippen LogP contribution in [0, 0.1) is 25.7 Å². The first-order chi connectivity index (χ1) is 10.0. The number of aryl methyl sites for hydroxylation is 3. The van der Waals surface area contributed by atoms with E-state index in [0.29, 0.717) is 17.8 Å². The quantitative estimate of drug-likeness (QED) is 0.822. The van der Waals surface area contributed by atoms with Crippen molar-refractivity contribution in [3.05, 3.63) is 46.8 Å². The number of carbonyl (C=O) groups excluding carboxylic acids is 1. The molecule has 0 aliphatic carbocycles. The Morgan fingerprint density at radius 1 is 1.43 bits per heavy atom. The summed E-state index contributed by atoms with van der Waals surface area (Å²) in [5, 5.41) is 7.04. The second-order valence-electron chi connectivity index (χ2n) is 4.79. The zero-order valence-electron chi connectivity index (χ0n) is 12.4. The lowest BCUT2D eigenvalue weighted by molar-refractivity contribution is 0.102. The van der Waals surface area contributed by atoms with Gasteiger partial charge in [-0.25, -0.2) is 0 Å². The largest absolute Gasteiger partial charge is 0.322 e. The van der Waals surface area contributed by atoms with E-state index >= 15 is 0 Å². The minimum absolute atomic E-state index is 0.166. The summed E-state index contributed by atoms with van der Waals surface area (Å²) >= 11 is 0. The first-order valence-corrected chi connectivity index (χ1v) is 6.62. The average molecular weight is 282 g/mol. The fourth-order valence-corrected chi connectivity index (χ4v) is 2.05. The van der Waals surface area contributed by atoms with Gasteiger partial charge in [0.25, 0.3) is 5.91 Å². The standard InChI is InChI=1S/C16H18N4O/c1-11-9-14(7-6-13(11)5-4-8-17)18-16(21)15-10-20(3)19-12(15)2/h6-7,9-10H,8,17H2,1-3H3,(H,18,21). The number of amides is 1. The summed E-state index contributed by atoms with van der Waals surface area (Å²) in [5.41, 5.74) is 9.29. The zero-order chi connectivity index (χ0) is 15.4. The molecular formula is C16H18N4O. The summed E-state index contributed by atoms with van der Waals surface area (Å²) in [4.78, 5) is 12.2. The van der Waals surface area contributed by atoms with Crippen LogP contribution in [0.4, 0.5) is 5.69 Å². The van der Waals surface area contributed by atoms with Gasteiger partial charge in [0, 0.05) is 24.5 Å². The Hall–Kier alpha value is -2.58. The molecule has 5 nitrogen and oxygen atoms in total. The van der Waals surface area contributed by atoms with Crippen molar-refractivity contribution in [3.8, 4) is 11.8 Å². The van der Waals surface area contributed by atoms with Crippen molar-refractivity contribution in [2.75, 3.05) is 11.9 Å². The van der Waals surface area contributed by atoms with Gasteiger partial charge in [0.15, 0.2) is 0 Å². The van der Waals surface area contributed by atoms with Crippen molar-refractivity contribution in [2.45, 2.75) is 13.8 Å². The Balaban J connectivity index is 2.18. The molecule has 0 aliphatic rings. The first-order valence-electron chi connectivity index (χ1n) is 6.62. The molecule has 1 heterocycles. The molecule has 0 aliphatic heterocycles. The van der Waals surface area contributed by atoms with Crippen LogP contribution in [0.2, 0.25) is 0 Å². The number of nitrogens with zero attached hydrogens (tertiary/aromatic N) is 2. The molecule has 3 N–H and O–H groups in total. The summed E-state index contributed by atoms with van der Waals surface area (Å²) < 4.78 is 1.63. The number of aromatic nitrogens is 2. The number of hydrogen-bond donors (Lipinski definition) is 2. The third-order valence-electron chi connectivity index (χ3n) is 3.07. The maximum Gasteiger partial charge on any atom is 0.259 e. The molecule has 1 amide bonds. The van der Waals surface area contributed by atoms with Crippen LogP contribution < -0.4 is 11.1 Å². The molecule has 0 atom stereocenters. The van der Waals surface area contributed by atoms with Crippen LogP contribution in [0.25, 0.3) is 0 Å². The lowest BCUT2D eigenvalue weighted by Crippen LogP contribution is -2.12. The second-order valence-corrected chi connectivity index (χ2v) is 4.79. The summed E-state index contributed by atoms with van der Waals surface area (Å²) in [6, 6.07) is 5.60. The van der Waals surface area contributed by atoms with Crippen LogP contribution in [0.3, 0.4) is 0 Å². The molecule has 0 saturated carbocycles. The van der Waals surface area contributed by atoms with Crippen LogP contribution >= 0.6 is 0 Å². The van der Waals surface area contributed by atoms with Crippen LogP contribution in [0.5, 0.6) is 0 Å². The third-order valence-corrected chi connectivity index (χ3v) is 3.07. The van der Waals surface area contributed by atoms with Gasteiger partial charge in [-0.2, -0.15) is 5.10 Å². The molecule has 1 aromatic heterocycles. The highest BCUT2D eigenvalue weighted by Gasteiger charge is 2.12. The van der Waals surface area contributed by atoms with Crippen molar-refractivity contribution in [1.29, 1.82) is 0 Å². The summed E-state index contributed by atoms with van der Waals surface area (Å²) in [7, 11) is 1.79. The fraction of sp³-hybridized carbons (Fsp3) is 0.250. The predicted octanol–water partition coefficient (Wildman–Crippen LogP) is 1.60. The number of carbonyl (C=O) groups is 1. The van der Waals surface area contributed by atoms with E-state index in [1.54, 1.807) is 17.9 Å². The monoisotopic (exact) mass is 282 g/mol. The van der Waals surface area contributed by atoms with E-state index in [1.165, 1.54) is 0 Å².